The number of fused-ring (bicyclic) bond motifs is 3. The van der Waals surface area contributed by atoms with Crippen molar-refractivity contribution >= 4 is 17.3 Å². The number of carbonyl (C=O) groups is 1. The highest BCUT2D eigenvalue weighted by molar-refractivity contribution is 5.98. The van der Waals surface area contributed by atoms with Gasteiger partial charge in [0.15, 0.2) is 0 Å². The Morgan fingerprint density at radius 1 is 1.29 bits per heavy atom. The zero-order chi connectivity index (χ0) is 14.4. The first-order chi connectivity index (χ1) is 10.3. The van der Waals surface area contributed by atoms with E-state index in [9.17, 15) is 4.79 Å². The number of aryl methyl sites for hydroxylation is 1. The number of hydrogen-bond acceptors (Lipinski definition) is 3. The Labute approximate surface area is 123 Å². The molecule has 1 amide bonds. The van der Waals surface area contributed by atoms with Crippen LogP contribution in [0.2, 0.25) is 0 Å². The zero-order valence-corrected chi connectivity index (χ0v) is 11.6. The molecule has 2 aliphatic rings. The van der Waals surface area contributed by atoms with Crippen LogP contribution in [0.3, 0.4) is 0 Å². The highest BCUT2D eigenvalue weighted by Gasteiger charge is 2.56. The van der Waals surface area contributed by atoms with Crippen molar-refractivity contribution in [3.8, 4) is 0 Å². The van der Waals surface area contributed by atoms with Crippen LogP contribution in [0.1, 0.15) is 23.5 Å². The van der Waals surface area contributed by atoms with Gasteiger partial charge in [-0.15, -0.1) is 0 Å². The molecule has 3 N–H and O–H groups in total. The summed E-state index contributed by atoms with van der Waals surface area (Å²) in [6.07, 6.45) is 5.39. The Hall–Kier alpha value is -2.36. The molecule has 3 unspecified atom stereocenters. The second-order valence-corrected chi connectivity index (χ2v) is 5.91. The summed E-state index contributed by atoms with van der Waals surface area (Å²) in [5.41, 5.74) is 9.76. The van der Waals surface area contributed by atoms with Gasteiger partial charge >= 0.3 is 0 Å². The predicted molar refractivity (Wildman–Crippen MR) is 81.8 cm³/mol. The summed E-state index contributed by atoms with van der Waals surface area (Å²) in [5.74, 6) is 1.04. The van der Waals surface area contributed by atoms with Gasteiger partial charge in [-0.2, -0.15) is 0 Å². The summed E-state index contributed by atoms with van der Waals surface area (Å²) < 4.78 is 0. The smallest absolute Gasteiger partial charge is 0.228 e. The fourth-order valence-electron chi connectivity index (χ4n) is 3.66. The van der Waals surface area contributed by atoms with Crippen LogP contribution in [-0.2, 0) is 11.2 Å². The highest BCUT2D eigenvalue weighted by Crippen LogP contribution is 2.60. The predicted octanol–water partition coefficient (Wildman–Crippen LogP) is 2.58. The van der Waals surface area contributed by atoms with Crippen LogP contribution in [0.25, 0.3) is 0 Å². The molecule has 21 heavy (non-hydrogen) atoms. The lowest BCUT2D eigenvalue weighted by molar-refractivity contribution is -0.117. The molecule has 0 radical (unpaired) electrons. The molecule has 1 aromatic heterocycles. The first-order valence-corrected chi connectivity index (χ1v) is 7.34. The van der Waals surface area contributed by atoms with Crippen LogP contribution < -0.4 is 11.1 Å². The molecular weight excluding hydrogens is 262 g/mol. The maximum atomic E-state index is 12.5. The van der Waals surface area contributed by atoms with Crippen molar-refractivity contribution in [2.75, 3.05) is 11.1 Å². The van der Waals surface area contributed by atoms with Gasteiger partial charge in [0.25, 0.3) is 0 Å². The molecule has 1 fully saturated rings. The van der Waals surface area contributed by atoms with Crippen LogP contribution in [0.4, 0.5) is 11.4 Å². The van der Waals surface area contributed by atoms with Crippen molar-refractivity contribution in [2.24, 2.45) is 11.8 Å². The van der Waals surface area contributed by atoms with Gasteiger partial charge in [-0.1, -0.05) is 24.3 Å². The number of pyridine rings is 1. The Morgan fingerprint density at radius 3 is 3.00 bits per heavy atom. The lowest BCUT2D eigenvalue weighted by Crippen LogP contribution is -2.16. The van der Waals surface area contributed by atoms with E-state index >= 15 is 0 Å². The number of amides is 1. The fourth-order valence-corrected chi connectivity index (χ4v) is 3.66. The van der Waals surface area contributed by atoms with E-state index in [4.69, 9.17) is 5.73 Å². The van der Waals surface area contributed by atoms with Crippen molar-refractivity contribution < 1.29 is 4.79 Å². The lowest BCUT2D eigenvalue weighted by atomic mass is 9.92. The van der Waals surface area contributed by atoms with Crippen molar-refractivity contribution in [2.45, 2.75) is 18.8 Å². The molecule has 0 spiro atoms. The number of nitrogens with one attached hydrogen (secondary N) is 1. The Balaban J connectivity index is 1.55. The standard InChI is InChI=1S/C17H17N3O/c18-13-9-19-8-7-14(13)20-17(21)16-12-6-5-10-3-1-2-4-11(10)15(12)16/h1-4,7-9,12,15-16H,5-6,18H2,(H,19,20,21). The summed E-state index contributed by atoms with van der Waals surface area (Å²) in [4.78, 5) is 16.5. The number of nitrogens with zero attached hydrogens (tertiary/aromatic N) is 1. The minimum absolute atomic E-state index is 0.0830. The summed E-state index contributed by atoms with van der Waals surface area (Å²) in [5, 5.41) is 2.96. The quantitative estimate of drug-likeness (QED) is 0.887. The molecule has 2 aliphatic carbocycles. The van der Waals surface area contributed by atoms with Gasteiger partial charge in [-0.3, -0.25) is 9.78 Å². The summed E-state index contributed by atoms with van der Waals surface area (Å²) >= 11 is 0. The number of benzene rings is 1. The van der Waals surface area contributed by atoms with Crippen LogP contribution in [0, 0.1) is 11.8 Å². The largest absolute Gasteiger partial charge is 0.396 e. The summed E-state index contributed by atoms with van der Waals surface area (Å²) in [6, 6.07) is 10.2. The number of hydrogen-bond donors (Lipinski definition) is 2. The van der Waals surface area contributed by atoms with E-state index < -0.39 is 0 Å². The number of rotatable bonds is 2. The van der Waals surface area contributed by atoms with Crippen LogP contribution in [-0.4, -0.2) is 10.9 Å². The highest BCUT2D eigenvalue weighted by atomic mass is 16.2. The minimum Gasteiger partial charge on any atom is -0.396 e. The molecule has 1 aromatic carbocycles. The first kappa shape index (κ1) is 12.4. The lowest BCUT2D eigenvalue weighted by Gasteiger charge is -2.13. The van der Waals surface area contributed by atoms with Crippen LogP contribution in [0.5, 0.6) is 0 Å². The Bertz CT molecular complexity index is 713. The first-order valence-electron chi connectivity index (χ1n) is 7.34. The maximum absolute atomic E-state index is 12.5. The van der Waals surface area contributed by atoms with Gasteiger partial charge in [0.1, 0.15) is 0 Å². The molecule has 0 bridgehead atoms. The van der Waals surface area contributed by atoms with Gasteiger partial charge in [-0.05, 0) is 41.9 Å². The number of anilines is 2. The molecular formula is C17H17N3O. The minimum atomic E-state index is 0.0830. The molecule has 4 nitrogen and oxygen atoms in total. The van der Waals surface area contributed by atoms with E-state index in [0.29, 0.717) is 23.2 Å². The summed E-state index contributed by atoms with van der Waals surface area (Å²) in [7, 11) is 0. The van der Waals surface area contributed by atoms with Crippen molar-refractivity contribution in [3.05, 3.63) is 53.9 Å². The Morgan fingerprint density at radius 2 is 2.14 bits per heavy atom. The average molecular weight is 279 g/mol. The monoisotopic (exact) mass is 279 g/mol. The number of aromatic nitrogens is 1. The number of nitrogen functional groups attached to an aromatic ring is 1. The van der Waals surface area contributed by atoms with E-state index in [-0.39, 0.29) is 11.8 Å². The molecule has 1 heterocycles. The SMILES string of the molecule is Nc1cnccc1NC(=O)C1C2CCc3ccccc3C21. The van der Waals surface area contributed by atoms with Crippen LogP contribution >= 0.6 is 0 Å². The summed E-state index contributed by atoms with van der Waals surface area (Å²) in [6.45, 7) is 0. The molecule has 0 aliphatic heterocycles. The molecule has 2 aromatic rings. The molecule has 4 heteroatoms. The van der Waals surface area contributed by atoms with Gasteiger partial charge in [-0.25, -0.2) is 0 Å². The maximum Gasteiger partial charge on any atom is 0.228 e. The molecule has 1 saturated carbocycles. The van der Waals surface area contributed by atoms with E-state index in [1.54, 1.807) is 18.5 Å². The normalized spacial score (nSPS) is 25.6. The molecule has 0 saturated heterocycles. The molecule has 4 rings (SSSR count). The van der Waals surface area contributed by atoms with Crippen molar-refractivity contribution in [1.82, 2.24) is 4.98 Å². The third kappa shape index (κ3) is 1.98. The average Bonchev–Trinajstić information content (AvgIpc) is 3.24. The number of nitrogens with two attached hydrogens (primary N) is 1. The van der Waals surface area contributed by atoms with Gasteiger partial charge < -0.3 is 11.1 Å². The Kier molecular flexibility index (Phi) is 2.70. The van der Waals surface area contributed by atoms with Crippen LogP contribution in [0.15, 0.2) is 42.7 Å². The van der Waals surface area contributed by atoms with E-state index in [1.165, 1.54) is 11.1 Å². The van der Waals surface area contributed by atoms with E-state index in [2.05, 4.69) is 34.6 Å². The van der Waals surface area contributed by atoms with E-state index in [1.807, 2.05) is 0 Å². The third-order valence-corrected chi connectivity index (χ3v) is 4.74. The molecule has 3 atom stereocenters. The van der Waals surface area contributed by atoms with Crippen molar-refractivity contribution in [1.29, 1.82) is 0 Å². The van der Waals surface area contributed by atoms with Gasteiger partial charge in [0.2, 0.25) is 5.91 Å². The third-order valence-electron chi connectivity index (χ3n) is 4.74. The second-order valence-electron chi connectivity index (χ2n) is 5.91. The van der Waals surface area contributed by atoms with E-state index in [0.717, 1.165) is 12.8 Å². The molecule has 106 valence electrons. The topological polar surface area (TPSA) is 68.0 Å². The number of carbonyl (C=O) groups excluding carboxylic acids is 1. The zero-order valence-electron chi connectivity index (χ0n) is 11.6. The van der Waals surface area contributed by atoms with Crippen molar-refractivity contribution in [3.63, 3.8) is 0 Å². The van der Waals surface area contributed by atoms with Gasteiger partial charge in [0, 0.05) is 12.1 Å². The second kappa shape index (κ2) is 4.58. The van der Waals surface area contributed by atoms with Gasteiger partial charge in [0.05, 0.1) is 17.6 Å². The fraction of sp³-hybridized carbons (Fsp3) is 0.294.